The zero-order valence-electron chi connectivity index (χ0n) is 9.41. The van der Waals surface area contributed by atoms with E-state index in [0.717, 1.165) is 6.54 Å². The molecule has 0 amide bonds. The maximum absolute atomic E-state index is 6.21. The van der Waals surface area contributed by atoms with Gasteiger partial charge in [-0.1, -0.05) is 6.42 Å². The van der Waals surface area contributed by atoms with E-state index in [1.807, 2.05) is 11.3 Å². The Hall–Kier alpha value is -0.380. The minimum Gasteiger partial charge on any atom is -0.322 e. The molecular formula is C12H20N2S. The summed E-state index contributed by atoms with van der Waals surface area (Å²) in [6.45, 7) is 5.64. The molecule has 1 aliphatic heterocycles. The van der Waals surface area contributed by atoms with Crippen LogP contribution >= 0.6 is 11.3 Å². The first-order chi connectivity index (χ1) is 7.25. The molecule has 0 aromatic carbocycles. The van der Waals surface area contributed by atoms with Gasteiger partial charge in [0.25, 0.3) is 0 Å². The zero-order valence-corrected chi connectivity index (χ0v) is 10.2. The Morgan fingerprint density at radius 1 is 1.33 bits per heavy atom. The van der Waals surface area contributed by atoms with Crippen LogP contribution in [0.3, 0.4) is 0 Å². The largest absolute Gasteiger partial charge is 0.322 e. The van der Waals surface area contributed by atoms with E-state index >= 15 is 0 Å². The SMILES string of the molecule is Cc1ccc(C(N)CN2CCCCC2)s1. The van der Waals surface area contributed by atoms with Crippen molar-refractivity contribution in [1.29, 1.82) is 0 Å². The summed E-state index contributed by atoms with van der Waals surface area (Å²) < 4.78 is 0. The van der Waals surface area contributed by atoms with Crippen LogP contribution in [0.1, 0.15) is 35.1 Å². The average Bonchev–Trinajstić information content (AvgIpc) is 2.66. The quantitative estimate of drug-likeness (QED) is 0.855. The number of nitrogens with zero attached hydrogens (tertiary/aromatic N) is 1. The van der Waals surface area contributed by atoms with Crippen molar-refractivity contribution in [3.63, 3.8) is 0 Å². The van der Waals surface area contributed by atoms with Crippen molar-refractivity contribution in [1.82, 2.24) is 4.90 Å². The number of rotatable bonds is 3. The molecule has 1 atom stereocenters. The van der Waals surface area contributed by atoms with Crippen LogP contribution in [0.5, 0.6) is 0 Å². The molecular weight excluding hydrogens is 204 g/mol. The Bertz CT molecular complexity index is 302. The number of likely N-dealkylation sites (tertiary alicyclic amines) is 1. The Morgan fingerprint density at radius 3 is 2.67 bits per heavy atom. The molecule has 0 spiro atoms. The summed E-state index contributed by atoms with van der Waals surface area (Å²) in [5.74, 6) is 0. The van der Waals surface area contributed by atoms with Crippen molar-refractivity contribution in [2.24, 2.45) is 5.73 Å². The fourth-order valence-electron chi connectivity index (χ4n) is 2.16. The first kappa shape index (κ1) is 11.1. The van der Waals surface area contributed by atoms with Crippen molar-refractivity contribution in [2.75, 3.05) is 19.6 Å². The summed E-state index contributed by atoms with van der Waals surface area (Å²) >= 11 is 1.83. The van der Waals surface area contributed by atoms with Gasteiger partial charge < -0.3 is 10.6 Å². The molecule has 2 nitrogen and oxygen atoms in total. The topological polar surface area (TPSA) is 29.3 Å². The van der Waals surface area contributed by atoms with Crippen LogP contribution in [0.25, 0.3) is 0 Å². The summed E-state index contributed by atoms with van der Waals surface area (Å²) in [5, 5.41) is 0. The Morgan fingerprint density at radius 2 is 2.07 bits per heavy atom. The standard InChI is InChI=1S/C12H20N2S/c1-10-5-6-12(15-10)11(13)9-14-7-3-2-4-8-14/h5-6,11H,2-4,7-9,13H2,1H3. The molecule has 0 bridgehead atoms. The molecule has 1 unspecified atom stereocenters. The van der Waals surface area contributed by atoms with Crippen LogP contribution in [0.15, 0.2) is 12.1 Å². The summed E-state index contributed by atoms with van der Waals surface area (Å²) in [4.78, 5) is 5.20. The van der Waals surface area contributed by atoms with Gasteiger partial charge in [-0.15, -0.1) is 11.3 Å². The molecule has 2 N–H and O–H groups in total. The van der Waals surface area contributed by atoms with Crippen LogP contribution in [0, 0.1) is 6.92 Å². The molecule has 0 radical (unpaired) electrons. The van der Waals surface area contributed by atoms with E-state index in [9.17, 15) is 0 Å². The molecule has 2 heterocycles. The van der Waals surface area contributed by atoms with E-state index in [0.29, 0.717) is 0 Å². The first-order valence-electron chi connectivity index (χ1n) is 5.80. The Kier molecular flexibility index (Phi) is 3.78. The first-order valence-corrected chi connectivity index (χ1v) is 6.61. The number of thiophene rings is 1. The lowest BCUT2D eigenvalue weighted by atomic mass is 10.1. The summed E-state index contributed by atoms with van der Waals surface area (Å²) in [6, 6.07) is 4.55. The van der Waals surface area contributed by atoms with E-state index in [-0.39, 0.29) is 6.04 Å². The van der Waals surface area contributed by atoms with Gasteiger partial charge >= 0.3 is 0 Å². The summed E-state index contributed by atoms with van der Waals surface area (Å²) in [6.07, 6.45) is 4.08. The molecule has 15 heavy (non-hydrogen) atoms. The lowest BCUT2D eigenvalue weighted by Crippen LogP contribution is -2.35. The minimum absolute atomic E-state index is 0.210. The van der Waals surface area contributed by atoms with E-state index in [1.165, 1.54) is 42.1 Å². The molecule has 84 valence electrons. The van der Waals surface area contributed by atoms with Crippen molar-refractivity contribution in [3.05, 3.63) is 21.9 Å². The second-order valence-corrected chi connectivity index (χ2v) is 5.74. The maximum Gasteiger partial charge on any atom is 0.0519 e. The van der Waals surface area contributed by atoms with Crippen LogP contribution < -0.4 is 5.73 Å². The average molecular weight is 224 g/mol. The molecule has 0 saturated carbocycles. The number of piperidine rings is 1. The van der Waals surface area contributed by atoms with Gasteiger partial charge in [0.2, 0.25) is 0 Å². The second-order valence-electron chi connectivity index (χ2n) is 4.42. The molecule has 1 aliphatic rings. The van der Waals surface area contributed by atoms with Gasteiger partial charge in [0.1, 0.15) is 0 Å². The van der Waals surface area contributed by atoms with Crippen molar-refractivity contribution < 1.29 is 0 Å². The number of hydrogen-bond acceptors (Lipinski definition) is 3. The third-order valence-electron chi connectivity index (χ3n) is 3.03. The summed E-state index contributed by atoms with van der Waals surface area (Å²) in [5.41, 5.74) is 6.21. The highest BCUT2D eigenvalue weighted by Crippen LogP contribution is 2.22. The van der Waals surface area contributed by atoms with Gasteiger partial charge in [-0.25, -0.2) is 0 Å². The van der Waals surface area contributed by atoms with Gasteiger partial charge in [-0.2, -0.15) is 0 Å². The molecule has 1 aromatic rings. The van der Waals surface area contributed by atoms with Crippen LogP contribution in [0.4, 0.5) is 0 Å². The predicted molar refractivity (Wildman–Crippen MR) is 66.3 cm³/mol. The van der Waals surface area contributed by atoms with Gasteiger partial charge in [-0.05, 0) is 45.0 Å². The van der Waals surface area contributed by atoms with Crippen LogP contribution in [-0.2, 0) is 0 Å². The van der Waals surface area contributed by atoms with E-state index in [1.54, 1.807) is 0 Å². The van der Waals surface area contributed by atoms with E-state index in [4.69, 9.17) is 5.73 Å². The molecule has 1 saturated heterocycles. The smallest absolute Gasteiger partial charge is 0.0519 e. The normalized spacial score (nSPS) is 20.4. The van der Waals surface area contributed by atoms with E-state index in [2.05, 4.69) is 24.0 Å². The minimum atomic E-state index is 0.210. The van der Waals surface area contributed by atoms with Crippen LogP contribution in [-0.4, -0.2) is 24.5 Å². The summed E-state index contributed by atoms with van der Waals surface area (Å²) in [7, 11) is 0. The van der Waals surface area contributed by atoms with Gasteiger partial charge in [0.05, 0.1) is 6.04 Å². The van der Waals surface area contributed by atoms with Crippen molar-refractivity contribution in [3.8, 4) is 0 Å². The van der Waals surface area contributed by atoms with Gasteiger partial charge in [0, 0.05) is 16.3 Å². The van der Waals surface area contributed by atoms with Gasteiger partial charge in [-0.3, -0.25) is 0 Å². The Balaban J connectivity index is 1.88. The van der Waals surface area contributed by atoms with Crippen LogP contribution in [0.2, 0.25) is 0 Å². The highest BCUT2D eigenvalue weighted by molar-refractivity contribution is 7.12. The fraction of sp³-hybridized carbons (Fsp3) is 0.667. The van der Waals surface area contributed by atoms with Crippen molar-refractivity contribution in [2.45, 2.75) is 32.2 Å². The highest BCUT2D eigenvalue weighted by Gasteiger charge is 2.15. The molecule has 3 heteroatoms. The molecule has 2 rings (SSSR count). The van der Waals surface area contributed by atoms with Crippen molar-refractivity contribution >= 4 is 11.3 Å². The lowest BCUT2D eigenvalue weighted by molar-refractivity contribution is 0.217. The lowest BCUT2D eigenvalue weighted by Gasteiger charge is -2.28. The van der Waals surface area contributed by atoms with E-state index < -0.39 is 0 Å². The molecule has 1 fully saturated rings. The maximum atomic E-state index is 6.21. The number of aryl methyl sites for hydroxylation is 1. The highest BCUT2D eigenvalue weighted by atomic mass is 32.1. The zero-order chi connectivity index (χ0) is 10.7. The predicted octanol–water partition coefficient (Wildman–Crippen LogP) is 2.54. The second kappa shape index (κ2) is 5.10. The molecule has 0 aliphatic carbocycles. The number of nitrogens with two attached hydrogens (primary N) is 1. The third-order valence-corrected chi connectivity index (χ3v) is 4.16. The Labute approximate surface area is 96.1 Å². The monoisotopic (exact) mass is 224 g/mol. The number of hydrogen-bond donors (Lipinski definition) is 1. The fourth-order valence-corrected chi connectivity index (χ4v) is 3.03. The van der Waals surface area contributed by atoms with Gasteiger partial charge in [0.15, 0.2) is 0 Å². The third kappa shape index (κ3) is 3.03. The molecule has 1 aromatic heterocycles.